The number of hydrogen-bond acceptors (Lipinski definition) is 3. The van der Waals surface area contributed by atoms with Gasteiger partial charge in [-0.25, -0.2) is 9.67 Å². The molecule has 1 unspecified atom stereocenters. The van der Waals surface area contributed by atoms with E-state index in [2.05, 4.69) is 54.4 Å². The quantitative estimate of drug-likeness (QED) is 0.910. The fraction of sp³-hybridized carbons (Fsp3) is 0.500. The molecule has 1 N–H and O–H groups in total. The first kappa shape index (κ1) is 14.7. The number of benzene rings is 1. The van der Waals surface area contributed by atoms with Gasteiger partial charge in [-0.1, -0.05) is 36.2 Å². The zero-order valence-corrected chi connectivity index (χ0v) is 13.1. The molecule has 0 fully saturated rings. The SMILES string of the molecule is CCNC(Cn1nc(C)nc1C)c1cc(C)cc(C)c1. The number of aryl methyl sites for hydroxylation is 4. The van der Waals surface area contributed by atoms with E-state index >= 15 is 0 Å². The fourth-order valence-electron chi connectivity index (χ4n) is 2.65. The Morgan fingerprint density at radius 2 is 1.75 bits per heavy atom. The lowest BCUT2D eigenvalue weighted by atomic mass is 10.0. The number of aromatic nitrogens is 3. The van der Waals surface area contributed by atoms with E-state index in [1.807, 2.05) is 18.5 Å². The molecule has 1 atom stereocenters. The Balaban J connectivity index is 2.28. The molecule has 1 aromatic carbocycles. The van der Waals surface area contributed by atoms with Crippen molar-refractivity contribution in [3.05, 3.63) is 46.5 Å². The van der Waals surface area contributed by atoms with Crippen molar-refractivity contribution in [3.63, 3.8) is 0 Å². The predicted molar refractivity (Wildman–Crippen MR) is 81.8 cm³/mol. The van der Waals surface area contributed by atoms with Gasteiger partial charge in [0.05, 0.1) is 12.6 Å². The molecule has 2 aromatic rings. The van der Waals surface area contributed by atoms with E-state index in [4.69, 9.17) is 0 Å². The standard InChI is InChI=1S/C16H24N4/c1-6-17-16(10-20-14(5)18-13(4)19-20)15-8-11(2)7-12(3)9-15/h7-9,16-17H,6,10H2,1-5H3. The van der Waals surface area contributed by atoms with Crippen LogP contribution in [0.2, 0.25) is 0 Å². The van der Waals surface area contributed by atoms with Crippen molar-refractivity contribution in [2.45, 2.75) is 47.2 Å². The molecule has 0 radical (unpaired) electrons. The Morgan fingerprint density at radius 1 is 1.10 bits per heavy atom. The number of nitrogens with zero attached hydrogens (tertiary/aromatic N) is 3. The summed E-state index contributed by atoms with van der Waals surface area (Å²) in [5.41, 5.74) is 3.92. The minimum absolute atomic E-state index is 0.262. The summed E-state index contributed by atoms with van der Waals surface area (Å²) in [5, 5.41) is 8.02. The van der Waals surface area contributed by atoms with Crippen LogP contribution in [-0.4, -0.2) is 21.3 Å². The van der Waals surface area contributed by atoms with E-state index in [1.165, 1.54) is 16.7 Å². The summed E-state index contributed by atoms with van der Waals surface area (Å²) in [4.78, 5) is 4.38. The van der Waals surface area contributed by atoms with Gasteiger partial charge in [0.1, 0.15) is 11.6 Å². The first-order valence-corrected chi connectivity index (χ1v) is 7.19. The second-order valence-electron chi connectivity index (χ2n) is 5.42. The van der Waals surface area contributed by atoms with Crippen molar-refractivity contribution in [1.29, 1.82) is 0 Å². The van der Waals surface area contributed by atoms with E-state index in [1.54, 1.807) is 0 Å². The molecule has 1 aromatic heterocycles. The zero-order chi connectivity index (χ0) is 14.7. The summed E-state index contributed by atoms with van der Waals surface area (Å²) in [6.07, 6.45) is 0. The van der Waals surface area contributed by atoms with Crippen LogP contribution in [0.4, 0.5) is 0 Å². The number of nitrogens with one attached hydrogen (secondary N) is 1. The molecule has 0 aliphatic rings. The van der Waals surface area contributed by atoms with Gasteiger partial charge in [-0.3, -0.25) is 0 Å². The molecule has 4 nitrogen and oxygen atoms in total. The predicted octanol–water partition coefficient (Wildman–Crippen LogP) is 2.86. The van der Waals surface area contributed by atoms with Crippen molar-refractivity contribution in [2.75, 3.05) is 6.54 Å². The molecule has 4 heteroatoms. The molecule has 108 valence electrons. The van der Waals surface area contributed by atoms with Crippen molar-refractivity contribution < 1.29 is 0 Å². The van der Waals surface area contributed by atoms with Crippen LogP contribution in [0.15, 0.2) is 18.2 Å². The normalized spacial score (nSPS) is 12.7. The summed E-state index contributed by atoms with van der Waals surface area (Å²) in [6.45, 7) is 12.1. The van der Waals surface area contributed by atoms with Crippen LogP contribution in [0, 0.1) is 27.7 Å². The third-order valence-corrected chi connectivity index (χ3v) is 3.42. The Hall–Kier alpha value is -1.68. The van der Waals surface area contributed by atoms with Gasteiger partial charge in [-0.05, 0) is 39.8 Å². The van der Waals surface area contributed by atoms with Crippen molar-refractivity contribution in [1.82, 2.24) is 20.1 Å². The van der Waals surface area contributed by atoms with Crippen LogP contribution < -0.4 is 5.32 Å². The maximum atomic E-state index is 4.47. The van der Waals surface area contributed by atoms with Gasteiger partial charge < -0.3 is 5.32 Å². The second-order valence-corrected chi connectivity index (χ2v) is 5.42. The third kappa shape index (κ3) is 3.45. The van der Waals surface area contributed by atoms with Gasteiger partial charge in [0.2, 0.25) is 0 Å². The van der Waals surface area contributed by atoms with Crippen molar-refractivity contribution >= 4 is 0 Å². The molecule has 0 aliphatic carbocycles. The lowest BCUT2D eigenvalue weighted by Gasteiger charge is -2.20. The van der Waals surface area contributed by atoms with Gasteiger partial charge in [-0.2, -0.15) is 5.10 Å². The van der Waals surface area contributed by atoms with E-state index in [9.17, 15) is 0 Å². The Bertz CT molecular complexity index is 566. The first-order chi connectivity index (χ1) is 9.49. The van der Waals surface area contributed by atoms with E-state index in [0.717, 1.165) is 24.7 Å². The molecular weight excluding hydrogens is 248 g/mol. The van der Waals surface area contributed by atoms with Crippen LogP contribution in [0.3, 0.4) is 0 Å². The summed E-state index contributed by atoms with van der Waals surface area (Å²) in [5.74, 6) is 1.80. The summed E-state index contributed by atoms with van der Waals surface area (Å²) < 4.78 is 1.99. The first-order valence-electron chi connectivity index (χ1n) is 7.19. The lowest BCUT2D eigenvalue weighted by molar-refractivity contribution is 0.439. The van der Waals surface area contributed by atoms with Crippen LogP contribution in [0.1, 0.15) is 41.3 Å². The highest BCUT2D eigenvalue weighted by molar-refractivity contribution is 5.30. The average molecular weight is 272 g/mol. The van der Waals surface area contributed by atoms with Crippen molar-refractivity contribution in [2.24, 2.45) is 0 Å². The molecule has 2 rings (SSSR count). The summed E-state index contributed by atoms with van der Waals surface area (Å²) in [7, 11) is 0. The summed E-state index contributed by atoms with van der Waals surface area (Å²) >= 11 is 0. The Morgan fingerprint density at radius 3 is 2.25 bits per heavy atom. The fourth-order valence-corrected chi connectivity index (χ4v) is 2.65. The number of likely N-dealkylation sites (N-methyl/N-ethyl adjacent to an activating group) is 1. The van der Waals surface area contributed by atoms with Gasteiger partial charge in [-0.15, -0.1) is 0 Å². The maximum absolute atomic E-state index is 4.47. The smallest absolute Gasteiger partial charge is 0.147 e. The summed E-state index contributed by atoms with van der Waals surface area (Å²) in [6, 6.07) is 6.97. The molecule has 0 amide bonds. The highest BCUT2D eigenvalue weighted by atomic mass is 15.3. The largest absolute Gasteiger partial charge is 0.309 e. The minimum Gasteiger partial charge on any atom is -0.309 e. The van der Waals surface area contributed by atoms with E-state index < -0.39 is 0 Å². The van der Waals surface area contributed by atoms with Crippen LogP contribution in [-0.2, 0) is 6.54 Å². The number of hydrogen-bond donors (Lipinski definition) is 1. The lowest BCUT2D eigenvalue weighted by Crippen LogP contribution is -2.26. The molecule has 0 bridgehead atoms. The Kier molecular flexibility index (Phi) is 4.55. The minimum atomic E-state index is 0.262. The third-order valence-electron chi connectivity index (χ3n) is 3.42. The van der Waals surface area contributed by atoms with E-state index in [0.29, 0.717) is 0 Å². The van der Waals surface area contributed by atoms with Crippen molar-refractivity contribution in [3.8, 4) is 0 Å². The van der Waals surface area contributed by atoms with Gasteiger partial charge in [0, 0.05) is 0 Å². The van der Waals surface area contributed by atoms with E-state index in [-0.39, 0.29) is 6.04 Å². The van der Waals surface area contributed by atoms with Gasteiger partial charge in [0.15, 0.2) is 0 Å². The molecule has 0 saturated carbocycles. The zero-order valence-electron chi connectivity index (χ0n) is 13.1. The topological polar surface area (TPSA) is 42.7 Å². The average Bonchev–Trinajstić information content (AvgIpc) is 2.66. The Labute approximate surface area is 121 Å². The number of rotatable bonds is 5. The van der Waals surface area contributed by atoms with Crippen LogP contribution in [0.25, 0.3) is 0 Å². The molecule has 0 saturated heterocycles. The van der Waals surface area contributed by atoms with Crippen LogP contribution >= 0.6 is 0 Å². The highest BCUT2D eigenvalue weighted by Crippen LogP contribution is 2.19. The highest BCUT2D eigenvalue weighted by Gasteiger charge is 2.14. The second kappa shape index (κ2) is 6.18. The maximum Gasteiger partial charge on any atom is 0.147 e. The molecular formula is C16H24N4. The van der Waals surface area contributed by atoms with Gasteiger partial charge >= 0.3 is 0 Å². The van der Waals surface area contributed by atoms with Crippen LogP contribution in [0.5, 0.6) is 0 Å². The molecule has 20 heavy (non-hydrogen) atoms. The molecule has 1 heterocycles. The monoisotopic (exact) mass is 272 g/mol. The van der Waals surface area contributed by atoms with Gasteiger partial charge in [0.25, 0.3) is 0 Å². The molecule has 0 spiro atoms. The molecule has 0 aliphatic heterocycles.